The van der Waals surface area contributed by atoms with Crippen LogP contribution in [-0.4, -0.2) is 25.2 Å². The third-order valence-corrected chi connectivity index (χ3v) is 5.25. The SMILES string of the molecule is CCCC1(C(=O)OC2CC(C)CC(C)(C)C2)CCCNC1. The molecule has 1 saturated carbocycles. The third-order valence-electron chi connectivity index (χ3n) is 5.25. The average molecular weight is 295 g/mol. The molecule has 0 aromatic rings. The van der Waals surface area contributed by atoms with Gasteiger partial charge in [0.25, 0.3) is 0 Å². The number of carbonyl (C=O) groups excluding carboxylic acids is 1. The first-order valence-corrected chi connectivity index (χ1v) is 8.79. The summed E-state index contributed by atoms with van der Waals surface area (Å²) in [6, 6.07) is 0. The number of ether oxygens (including phenoxy) is 1. The average Bonchev–Trinajstić information content (AvgIpc) is 2.37. The molecule has 2 rings (SSSR count). The van der Waals surface area contributed by atoms with Gasteiger partial charge in [-0.3, -0.25) is 4.79 Å². The second-order valence-electron chi connectivity index (χ2n) is 8.25. The van der Waals surface area contributed by atoms with Crippen molar-refractivity contribution in [2.45, 2.75) is 78.7 Å². The minimum atomic E-state index is -0.266. The van der Waals surface area contributed by atoms with Crippen molar-refractivity contribution in [3.8, 4) is 0 Å². The van der Waals surface area contributed by atoms with E-state index < -0.39 is 0 Å². The summed E-state index contributed by atoms with van der Waals surface area (Å²) in [6.07, 6.45) is 7.46. The van der Waals surface area contributed by atoms with Gasteiger partial charge in [-0.2, -0.15) is 0 Å². The highest BCUT2D eigenvalue weighted by molar-refractivity contribution is 5.77. The molecule has 0 aromatic heterocycles. The lowest BCUT2D eigenvalue weighted by Gasteiger charge is -2.41. The zero-order valence-corrected chi connectivity index (χ0v) is 14.3. The number of hydrogen-bond donors (Lipinski definition) is 1. The van der Waals surface area contributed by atoms with Gasteiger partial charge >= 0.3 is 5.97 Å². The first kappa shape index (κ1) is 16.8. The highest BCUT2D eigenvalue weighted by Gasteiger charge is 2.42. The molecular formula is C18H33NO2. The largest absolute Gasteiger partial charge is 0.462 e. The zero-order chi connectivity index (χ0) is 15.5. The number of piperidine rings is 1. The summed E-state index contributed by atoms with van der Waals surface area (Å²) in [7, 11) is 0. The van der Waals surface area contributed by atoms with Crippen molar-refractivity contribution < 1.29 is 9.53 Å². The highest BCUT2D eigenvalue weighted by atomic mass is 16.5. The van der Waals surface area contributed by atoms with E-state index in [-0.39, 0.29) is 17.5 Å². The Kier molecular flexibility index (Phi) is 5.34. The number of nitrogens with one attached hydrogen (secondary N) is 1. The van der Waals surface area contributed by atoms with E-state index in [0.717, 1.165) is 51.6 Å². The lowest BCUT2D eigenvalue weighted by Crippen LogP contribution is -2.48. The van der Waals surface area contributed by atoms with E-state index in [4.69, 9.17) is 4.74 Å². The zero-order valence-electron chi connectivity index (χ0n) is 14.3. The summed E-state index contributed by atoms with van der Waals surface area (Å²) >= 11 is 0. The van der Waals surface area contributed by atoms with Crippen molar-refractivity contribution in [3.63, 3.8) is 0 Å². The number of hydrogen-bond acceptors (Lipinski definition) is 3. The van der Waals surface area contributed by atoms with Crippen LogP contribution >= 0.6 is 0 Å². The number of rotatable bonds is 4. The maximum Gasteiger partial charge on any atom is 0.313 e. The Hall–Kier alpha value is -0.570. The predicted molar refractivity (Wildman–Crippen MR) is 86.1 cm³/mol. The van der Waals surface area contributed by atoms with Crippen molar-refractivity contribution in [1.29, 1.82) is 0 Å². The van der Waals surface area contributed by atoms with Gasteiger partial charge in [0.15, 0.2) is 0 Å². The summed E-state index contributed by atoms with van der Waals surface area (Å²) < 4.78 is 6.01. The molecule has 1 aliphatic heterocycles. The van der Waals surface area contributed by atoms with Gasteiger partial charge < -0.3 is 10.1 Å². The minimum absolute atomic E-state index is 0.0615. The first-order chi connectivity index (χ1) is 9.87. The Labute approximate surface area is 130 Å². The van der Waals surface area contributed by atoms with Crippen molar-refractivity contribution in [3.05, 3.63) is 0 Å². The van der Waals surface area contributed by atoms with Crippen LogP contribution in [-0.2, 0) is 9.53 Å². The Morgan fingerprint density at radius 3 is 2.67 bits per heavy atom. The summed E-state index contributed by atoms with van der Waals surface area (Å²) in [4.78, 5) is 12.8. The van der Waals surface area contributed by atoms with Crippen molar-refractivity contribution in [2.24, 2.45) is 16.7 Å². The molecule has 3 heteroatoms. The molecule has 122 valence electrons. The third kappa shape index (κ3) is 4.21. The maximum absolute atomic E-state index is 12.8. The first-order valence-electron chi connectivity index (χ1n) is 8.79. The molecule has 2 fully saturated rings. The van der Waals surface area contributed by atoms with Crippen LogP contribution in [0.25, 0.3) is 0 Å². The molecule has 2 aliphatic rings. The molecule has 1 N–H and O–H groups in total. The van der Waals surface area contributed by atoms with Gasteiger partial charge in [0.05, 0.1) is 5.41 Å². The molecule has 0 spiro atoms. The van der Waals surface area contributed by atoms with E-state index >= 15 is 0 Å². The second kappa shape index (κ2) is 6.68. The lowest BCUT2D eigenvalue weighted by molar-refractivity contribution is -0.167. The fourth-order valence-corrected chi connectivity index (χ4v) is 4.56. The van der Waals surface area contributed by atoms with Crippen LogP contribution in [0.3, 0.4) is 0 Å². The van der Waals surface area contributed by atoms with E-state index in [1.165, 1.54) is 6.42 Å². The van der Waals surface area contributed by atoms with Crippen molar-refractivity contribution in [2.75, 3.05) is 13.1 Å². The monoisotopic (exact) mass is 295 g/mol. The summed E-state index contributed by atoms with van der Waals surface area (Å²) in [5, 5.41) is 3.40. The molecular weight excluding hydrogens is 262 g/mol. The van der Waals surface area contributed by atoms with E-state index in [1.807, 2.05) is 0 Å². The lowest BCUT2D eigenvalue weighted by atomic mass is 9.71. The standard InChI is InChI=1S/C18H33NO2/c1-5-7-18(8-6-9-19-13-18)16(20)21-15-10-14(2)11-17(3,4)12-15/h14-15,19H,5-13H2,1-4H3. The second-order valence-corrected chi connectivity index (χ2v) is 8.25. The minimum Gasteiger partial charge on any atom is -0.462 e. The van der Waals surface area contributed by atoms with Gasteiger partial charge in [-0.15, -0.1) is 0 Å². The topological polar surface area (TPSA) is 38.3 Å². The molecule has 3 unspecified atom stereocenters. The fourth-order valence-electron chi connectivity index (χ4n) is 4.56. The van der Waals surface area contributed by atoms with Crippen LogP contribution in [0.1, 0.15) is 72.6 Å². The van der Waals surface area contributed by atoms with E-state index in [9.17, 15) is 4.79 Å². The van der Waals surface area contributed by atoms with E-state index in [1.54, 1.807) is 0 Å². The van der Waals surface area contributed by atoms with Crippen LogP contribution in [0.5, 0.6) is 0 Å². The Balaban J connectivity index is 2.01. The molecule has 1 saturated heterocycles. The summed E-state index contributed by atoms with van der Waals surface area (Å²) in [5.41, 5.74) is 0.0309. The maximum atomic E-state index is 12.8. The van der Waals surface area contributed by atoms with Crippen LogP contribution in [0.15, 0.2) is 0 Å². The van der Waals surface area contributed by atoms with Gasteiger partial charge in [-0.05, 0) is 56.4 Å². The van der Waals surface area contributed by atoms with E-state index in [0.29, 0.717) is 11.3 Å². The van der Waals surface area contributed by atoms with Crippen molar-refractivity contribution in [1.82, 2.24) is 5.32 Å². The van der Waals surface area contributed by atoms with Crippen LogP contribution in [0.2, 0.25) is 0 Å². The molecule has 3 nitrogen and oxygen atoms in total. The van der Waals surface area contributed by atoms with Gasteiger partial charge in [0.2, 0.25) is 0 Å². The molecule has 1 heterocycles. The summed E-state index contributed by atoms with van der Waals surface area (Å²) in [5.74, 6) is 0.713. The Morgan fingerprint density at radius 2 is 2.10 bits per heavy atom. The normalized spacial score (nSPS) is 36.2. The molecule has 0 radical (unpaired) electrons. The molecule has 21 heavy (non-hydrogen) atoms. The van der Waals surface area contributed by atoms with Crippen LogP contribution in [0, 0.1) is 16.7 Å². The smallest absolute Gasteiger partial charge is 0.313 e. The Morgan fingerprint density at radius 1 is 1.33 bits per heavy atom. The predicted octanol–water partition coefficient (Wildman–Crippen LogP) is 3.91. The van der Waals surface area contributed by atoms with Gasteiger partial charge in [0, 0.05) is 6.54 Å². The Bertz CT molecular complexity index is 353. The number of esters is 1. The molecule has 0 amide bonds. The molecule has 3 atom stereocenters. The highest BCUT2D eigenvalue weighted by Crippen LogP contribution is 2.41. The van der Waals surface area contributed by atoms with Crippen LogP contribution < -0.4 is 5.32 Å². The summed E-state index contributed by atoms with van der Waals surface area (Å²) in [6.45, 7) is 10.9. The van der Waals surface area contributed by atoms with E-state index in [2.05, 4.69) is 33.0 Å². The fraction of sp³-hybridized carbons (Fsp3) is 0.944. The van der Waals surface area contributed by atoms with Gasteiger partial charge in [-0.25, -0.2) is 0 Å². The van der Waals surface area contributed by atoms with Gasteiger partial charge in [0.1, 0.15) is 6.10 Å². The number of carbonyl (C=O) groups is 1. The van der Waals surface area contributed by atoms with Gasteiger partial charge in [-0.1, -0.05) is 34.1 Å². The molecule has 1 aliphatic carbocycles. The van der Waals surface area contributed by atoms with Crippen LogP contribution in [0.4, 0.5) is 0 Å². The molecule has 0 bridgehead atoms. The van der Waals surface area contributed by atoms with Crippen molar-refractivity contribution >= 4 is 5.97 Å². The molecule has 0 aromatic carbocycles. The quantitative estimate of drug-likeness (QED) is 0.799.